The summed E-state index contributed by atoms with van der Waals surface area (Å²) < 4.78 is 6.14. The Kier molecular flexibility index (Phi) is 3.28. The van der Waals surface area contributed by atoms with E-state index in [0.717, 1.165) is 16.0 Å². The highest BCUT2D eigenvalue weighted by Crippen LogP contribution is 2.50. The van der Waals surface area contributed by atoms with Gasteiger partial charge in [0.05, 0.1) is 0 Å². The van der Waals surface area contributed by atoms with E-state index in [2.05, 4.69) is 23.4 Å². The number of hydrogen-bond acceptors (Lipinski definition) is 5. The van der Waals surface area contributed by atoms with Crippen LogP contribution >= 0.6 is 11.3 Å². The van der Waals surface area contributed by atoms with E-state index in [1.807, 2.05) is 32.0 Å². The van der Waals surface area contributed by atoms with Crippen LogP contribution in [0.4, 0.5) is 0 Å². The van der Waals surface area contributed by atoms with Crippen molar-refractivity contribution >= 4 is 23.2 Å². The Morgan fingerprint density at radius 1 is 1.32 bits per heavy atom. The number of amides is 1. The summed E-state index contributed by atoms with van der Waals surface area (Å²) >= 11 is 1.69. The Labute approximate surface area is 151 Å². The van der Waals surface area contributed by atoms with E-state index in [-0.39, 0.29) is 11.9 Å². The van der Waals surface area contributed by atoms with Crippen LogP contribution < -0.4 is 10.5 Å². The van der Waals surface area contributed by atoms with Gasteiger partial charge in [-0.15, -0.1) is 11.3 Å². The summed E-state index contributed by atoms with van der Waals surface area (Å²) in [4.78, 5) is 20.3. The Bertz CT molecular complexity index is 915. The smallest absolute Gasteiger partial charge is 0.261 e. The number of fused-ring (bicyclic) bond motifs is 2. The highest BCUT2D eigenvalue weighted by molar-refractivity contribution is 7.13. The number of thiophene rings is 1. The number of benzene rings is 1. The number of likely N-dealkylation sites (N-methyl/N-ethyl adjacent to an activating group) is 1. The molecule has 0 bridgehead atoms. The molecule has 5 nitrogen and oxygen atoms in total. The minimum absolute atomic E-state index is 0.0952. The van der Waals surface area contributed by atoms with Gasteiger partial charge in [-0.3, -0.25) is 9.69 Å². The molecule has 130 valence electrons. The number of aryl methyl sites for hydroxylation is 1. The molecule has 0 saturated heterocycles. The summed E-state index contributed by atoms with van der Waals surface area (Å²) in [6.45, 7) is 6.03. The molecule has 1 atom stereocenters. The molecule has 1 aromatic heterocycles. The highest BCUT2D eigenvalue weighted by atomic mass is 32.1. The molecule has 4 rings (SSSR count). The molecule has 2 aromatic rings. The number of rotatable bonds is 1. The second kappa shape index (κ2) is 5.08. The van der Waals surface area contributed by atoms with E-state index in [9.17, 15) is 4.79 Å². The van der Waals surface area contributed by atoms with E-state index in [4.69, 9.17) is 10.5 Å². The summed E-state index contributed by atoms with van der Waals surface area (Å²) in [6, 6.07) is 8.16. The number of guanidine groups is 1. The van der Waals surface area contributed by atoms with Gasteiger partial charge in [0.1, 0.15) is 11.4 Å². The van der Waals surface area contributed by atoms with Gasteiger partial charge in [0.2, 0.25) is 0 Å². The quantitative estimate of drug-likeness (QED) is 0.854. The molecule has 6 heteroatoms. The fraction of sp³-hybridized carbons (Fsp3) is 0.368. The van der Waals surface area contributed by atoms with Gasteiger partial charge in [0.25, 0.3) is 5.91 Å². The van der Waals surface area contributed by atoms with Gasteiger partial charge < -0.3 is 10.5 Å². The van der Waals surface area contributed by atoms with Crippen molar-refractivity contribution in [3.63, 3.8) is 0 Å². The Morgan fingerprint density at radius 3 is 2.68 bits per heavy atom. The number of ether oxygens (including phenoxy) is 1. The Morgan fingerprint density at radius 2 is 2.08 bits per heavy atom. The van der Waals surface area contributed by atoms with E-state index < -0.39 is 11.1 Å². The van der Waals surface area contributed by atoms with Gasteiger partial charge in [-0.05, 0) is 61.5 Å². The van der Waals surface area contributed by atoms with Gasteiger partial charge in [-0.2, -0.15) is 0 Å². The number of aliphatic imine (C=N–C) groups is 1. The second-order valence-corrected chi connectivity index (χ2v) is 8.34. The predicted molar refractivity (Wildman–Crippen MR) is 99.9 cm³/mol. The SMILES string of the molecule is Cc1csc(-c2ccc3c(c2)C2(CC(C)(C)O3)N=C(N)N(C)C2=O)c1. The molecule has 0 fully saturated rings. The highest BCUT2D eigenvalue weighted by Gasteiger charge is 2.55. The van der Waals surface area contributed by atoms with Gasteiger partial charge >= 0.3 is 0 Å². The Hall–Kier alpha value is -2.34. The minimum Gasteiger partial charge on any atom is -0.487 e. The topological polar surface area (TPSA) is 67.9 Å². The molecule has 2 aliphatic heterocycles. The van der Waals surface area contributed by atoms with Crippen LogP contribution in [-0.4, -0.2) is 29.4 Å². The third-order valence-corrected chi connectivity index (χ3v) is 5.91. The van der Waals surface area contributed by atoms with Crippen LogP contribution in [0.5, 0.6) is 5.75 Å². The first-order valence-electron chi connectivity index (χ1n) is 8.24. The average molecular weight is 355 g/mol. The van der Waals surface area contributed by atoms with Crippen molar-refractivity contribution < 1.29 is 9.53 Å². The standard InChI is InChI=1S/C19H21N3O2S/c1-11-7-15(25-9-11)12-5-6-14-13(8-12)19(10-18(2,3)24-14)16(23)22(4)17(20)21-19/h5-9H,10H2,1-4H3,(H2,20,21). The molecule has 1 unspecified atom stereocenters. The second-order valence-electron chi connectivity index (χ2n) is 7.43. The summed E-state index contributed by atoms with van der Waals surface area (Å²) in [6.07, 6.45) is 0.462. The largest absolute Gasteiger partial charge is 0.487 e. The van der Waals surface area contributed by atoms with Crippen LogP contribution in [0.1, 0.15) is 31.4 Å². The lowest BCUT2D eigenvalue weighted by molar-refractivity contribution is -0.133. The lowest BCUT2D eigenvalue weighted by Gasteiger charge is -2.41. The molecular weight excluding hydrogens is 334 g/mol. The third kappa shape index (κ3) is 2.35. The van der Waals surface area contributed by atoms with Crippen molar-refractivity contribution in [2.24, 2.45) is 10.7 Å². The van der Waals surface area contributed by atoms with Gasteiger partial charge in [0, 0.05) is 23.9 Å². The first kappa shape index (κ1) is 16.1. The lowest BCUT2D eigenvalue weighted by atomic mass is 9.77. The van der Waals surface area contributed by atoms with E-state index in [1.165, 1.54) is 10.5 Å². The van der Waals surface area contributed by atoms with Crippen molar-refractivity contribution in [3.05, 3.63) is 40.8 Å². The van der Waals surface area contributed by atoms with Gasteiger partial charge in [0.15, 0.2) is 11.5 Å². The molecule has 1 amide bonds. The molecule has 3 heterocycles. The minimum atomic E-state index is -1.00. The number of carbonyl (C=O) groups is 1. The molecule has 0 saturated carbocycles. The first-order valence-corrected chi connectivity index (χ1v) is 9.12. The third-order valence-electron chi connectivity index (χ3n) is 4.82. The molecule has 25 heavy (non-hydrogen) atoms. The van der Waals surface area contributed by atoms with Crippen LogP contribution in [0.2, 0.25) is 0 Å². The number of nitrogens with two attached hydrogens (primary N) is 1. The van der Waals surface area contributed by atoms with Crippen molar-refractivity contribution in [2.45, 2.75) is 38.3 Å². The van der Waals surface area contributed by atoms with Crippen molar-refractivity contribution in [3.8, 4) is 16.2 Å². The van der Waals surface area contributed by atoms with Crippen LogP contribution in [0.25, 0.3) is 10.4 Å². The molecule has 1 aromatic carbocycles. The number of nitrogens with zero attached hydrogens (tertiary/aromatic N) is 2. The maximum Gasteiger partial charge on any atom is 0.261 e. The number of carbonyl (C=O) groups excluding carboxylic acids is 1. The van der Waals surface area contributed by atoms with Crippen LogP contribution in [0.15, 0.2) is 34.6 Å². The van der Waals surface area contributed by atoms with Gasteiger partial charge in [-0.25, -0.2) is 4.99 Å². The van der Waals surface area contributed by atoms with Crippen molar-refractivity contribution in [2.75, 3.05) is 7.05 Å². The summed E-state index contributed by atoms with van der Waals surface area (Å²) in [5.74, 6) is 0.863. The molecular formula is C19H21N3O2S. The fourth-order valence-corrected chi connectivity index (χ4v) is 4.61. The predicted octanol–water partition coefficient (Wildman–Crippen LogP) is 3.27. The van der Waals surface area contributed by atoms with Crippen LogP contribution in [0, 0.1) is 6.92 Å². The zero-order valence-corrected chi connectivity index (χ0v) is 15.6. The average Bonchev–Trinajstić information content (AvgIpc) is 3.05. The summed E-state index contributed by atoms with van der Waals surface area (Å²) in [5, 5.41) is 2.12. The first-order chi connectivity index (χ1) is 11.7. The zero-order chi connectivity index (χ0) is 18.0. The zero-order valence-electron chi connectivity index (χ0n) is 14.8. The van der Waals surface area contributed by atoms with E-state index in [1.54, 1.807) is 18.4 Å². The summed E-state index contributed by atoms with van der Waals surface area (Å²) in [5.41, 5.74) is 7.58. The van der Waals surface area contributed by atoms with E-state index in [0.29, 0.717) is 12.2 Å². The van der Waals surface area contributed by atoms with Gasteiger partial charge in [-0.1, -0.05) is 0 Å². The summed E-state index contributed by atoms with van der Waals surface area (Å²) in [7, 11) is 1.67. The lowest BCUT2D eigenvalue weighted by Crippen LogP contribution is -2.49. The maximum atomic E-state index is 13.1. The number of hydrogen-bond donors (Lipinski definition) is 1. The molecule has 1 spiro atoms. The van der Waals surface area contributed by atoms with Crippen LogP contribution in [0.3, 0.4) is 0 Å². The van der Waals surface area contributed by atoms with Crippen molar-refractivity contribution in [1.82, 2.24) is 4.90 Å². The van der Waals surface area contributed by atoms with Crippen molar-refractivity contribution in [1.29, 1.82) is 0 Å². The molecule has 0 radical (unpaired) electrons. The maximum absolute atomic E-state index is 13.1. The monoisotopic (exact) mass is 355 g/mol. The normalized spacial score (nSPS) is 24.2. The van der Waals surface area contributed by atoms with E-state index >= 15 is 0 Å². The molecule has 2 aliphatic rings. The fourth-order valence-electron chi connectivity index (χ4n) is 3.71. The molecule has 0 aliphatic carbocycles. The van der Waals surface area contributed by atoms with Crippen LogP contribution in [-0.2, 0) is 10.3 Å². The molecule has 2 N–H and O–H groups in total. The Balaban J connectivity index is 1.93.